The first-order chi connectivity index (χ1) is 7.79. The summed E-state index contributed by atoms with van der Waals surface area (Å²) in [5.74, 6) is 3.80. The van der Waals surface area contributed by atoms with E-state index in [2.05, 4.69) is 31.2 Å². The molecule has 0 radical (unpaired) electrons. The van der Waals surface area contributed by atoms with Crippen molar-refractivity contribution in [3.63, 3.8) is 0 Å². The van der Waals surface area contributed by atoms with Gasteiger partial charge in [0, 0.05) is 11.5 Å². The van der Waals surface area contributed by atoms with Gasteiger partial charge in [0.1, 0.15) is 11.9 Å². The Bertz CT molecular complexity index is 321. The van der Waals surface area contributed by atoms with Gasteiger partial charge in [-0.25, -0.2) is 0 Å². The number of ether oxygens (including phenoxy) is 1. The molecule has 0 saturated carbocycles. The van der Waals surface area contributed by atoms with E-state index in [9.17, 15) is 0 Å². The lowest BCUT2D eigenvalue weighted by Crippen LogP contribution is -2.30. The van der Waals surface area contributed by atoms with E-state index < -0.39 is 0 Å². The van der Waals surface area contributed by atoms with Crippen LogP contribution in [0.3, 0.4) is 0 Å². The van der Waals surface area contributed by atoms with E-state index in [1.54, 1.807) is 0 Å². The molecule has 1 aliphatic rings. The van der Waals surface area contributed by atoms with Crippen molar-refractivity contribution < 1.29 is 4.74 Å². The van der Waals surface area contributed by atoms with Crippen molar-refractivity contribution in [1.29, 1.82) is 0 Å². The van der Waals surface area contributed by atoms with Gasteiger partial charge in [0.25, 0.3) is 0 Å². The van der Waals surface area contributed by atoms with Crippen molar-refractivity contribution >= 4 is 11.8 Å². The van der Waals surface area contributed by atoms with Crippen LogP contribution >= 0.6 is 11.8 Å². The van der Waals surface area contributed by atoms with Gasteiger partial charge in [-0.2, -0.15) is 11.8 Å². The van der Waals surface area contributed by atoms with Crippen molar-refractivity contribution in [3.05, 3.63) is 29.8 Å². The summed E-state index contributed by atoms with van der Waals surface area (Å²) in [5.41, 5.74) is 6.91. The number of benzene rings is 1. The zero-order valence-electron chi connectivity index (χ0n) is 9.69. The molecule has 1 aromatic carbocycles. The lowest BCUT2D eigenvalue weighted by molar-refractivity contribution is 0.240. The van der Waals surface area contributed by atoms with E-state index >= 15 is 0 Å². The molecule has 3 heteroatoms. The van der Waals surface area contributed by atoms with Crippen LogP contribution in [0.2, 0.25) is 0 Å². The van der Waals surface area contributed by atoms with Gasteiger partial charge in [0.05, 0.1) is 0 Å². The Morgan fingerprint density at radius 3 is 2.56 bits per heavy atom. The molecular weight excluding hydrogens is 218 g/mol. The fourth-order valence-corrected chi connectivity index (χ4v) is 2.33. The van der Waals surface area contributed by atoms with Gasteiger partial charge < -0.3 is 10.5 Å². The number of hydrogen-bond donors (Lipinski definition) is 1. The molecule has 1 heterocycles. The molecule has 0 aliphatic carbocycles. The highest BCUT2D eigenvalue weighted by molar-refractivity contribution is 8.00. The molecule has 1 unspecified atom stereocenters. The summed E-state index contributed by atoms with van der Waals surface area (Å²) < 4.78 is 5.80. The average Bonchev–Trinajstić information content (AvgIpc) is 2.25. The van der Waals surface area contributed by atoms with Crippen LogP contribution in [-0.2, 0) is 0 Å². The third-order valence-corrected chi connectivity index (χ3v) is 4.17. The van der Waals surface area contributed by atoms with Crippen LogP contribution in [0, 0.1) is 0 Å². The van der Waals surface area contributed by atoms with Crippen LogP contribution in [0.5, 0.6) is 5.75 Å². The first-order valence-corrected chi connectivity index (χ1v) is 6.99. The quantitative estimate of drug-likeness (QED) is 0.855. The fraction of sp³-hybridized carbons (Fsp3) is 0.538. The maximum absolute atomic E-state index is 5.80. The smallest absolute Gasteiger partial charge is 0.119 e. The minimum absolute atomic E-state index is 0.428. The molecule has 0 amide bonds. The minimum Gasteiger partial charge on any atom is -0.489 e. The standard InChI is InChI=1S/C13H19NOS/c1-10(6-7-14)11-2-4-12(5-3-11)15-13-8-16-9-13/h2-5,10,13H,6-9,14H2,1H3. The van der Waals surface area contributed by atoms with Crippen molar-refractivity contribution in [3.8, 4) is 5.75 Å². The Kier molecular flexibility index (Phi) is 4.13. The molecule has 0 bridgehead atoms. The SMILES string of the molecule is CC(CCN)c1ccc(OC2CSC2)cc1. The maximum atomic E-state index is 5.80. The van der Waals surface area contributed by atoms with Crippen molar-refractivity contribution in [2.24, 2.45) is 5.73 Å². The highest BCUT2D eigenvalue weighted by atomic mass is 32.2. The Morgan fingerprint density at radius 2 is 2.06 bits per heavy atom. The summed E-state index contributed by atoms with van der Waals surface area (Å²) in [4.78, 5) is 0. The van der Waals surface area contributed by atoms with Crippen molar-refractivity contribution in [2.75, 3.05) is 18.1 Å². The summed E-state index contributed by atoms with van der Waals surface area (Å²) in [6.07, 6.45) is 1.47. The predicted molar refractivity (Wildman–Crippen MR) is 70.3 cm³/mol. The van der Waals surface area contributed by atoms with Crippen molar-refractivity contribution in [2.45, 2.75) is 25.4 Å². The summed E-state index contributed by atoms with van der Waals surface area (Å²) >= 11 is 1.94. The monoisotopic (exact) mass is 237 g/mol. The van der Waals surface area contributed by atoms with Crippen LogP contribution < -0.4 is 10.5 Å². The normalized spacial score (nSPS) is 17.9. The molecule has 1 atom stereocenters. The zero-order valence-corrected chi connectivity index (χ0v) is 10.5. The molecule has 2 nitrogen and oxygen atoms in total. The summed E-state index contributed by atoms with van der Waals surface area (Å²) in [6.45, 7) is 2.96. The number of hydrogen-bond acceptors (Lipinski definition) is 3. The number of nitrogens with two attached hydrogens (primary N) is 1. The highest BCUT2D eigenvalue weighted by Crippen LogP contribution is 2.26. The van der Waals surface area contributed by atoms with Gasteiger partial charge in [-0.05, 0) is 36.6 Å². The van der Waals surface area contributed by atoms with Gasteiger partial charge in [0.15, 0.2) is 0 Å². The molecule has 2 N–H and O–H groups in total. The second-order valence-corrected chi connectivity index (χ2v) is 5.40. The van der Waals surface area contributed by atoms with E-state index in [-0.39, 0.29) is 0 Å². The highest BCUT2D eigenvalue weighted by Gasteiger charge is 2.19. The van der Waals surface area contributed by atoms with E-state index in [0.29, 0.717) is 12.0 Å². The third kappa shape index (κ3) is 2.92. The van der Waals surface area contributed by atoms with Crippen LogP contribution in [0.25, 0.3) is 0 Å². The van der Waals surface area contributed by atoms with E-state index in [1.165, 1.54) is 5.56 Å². The Balaban J connectivity index is 1.92. The van der Waals surface area contributed by atoms with Gasteiger partial charge in [-0.3, -0.25) is 0 Å². The van der Waals surface area contributed by atoms with E-state index in [0.717, 1.165) is 30.2 Å². The van der Waals surface area contributed by atoms with Gasteiger partial charge in [-0.15, -0.1) is 0 Å². The van der Waals surface area contributed by atoms with E-state index in [1.807, 2.05) is 11.8 Å². The molecular formula is C13H19NOS. The first-order valence-electron chi connectivity index (χ1n) is 5.84. The van der Waals surface area contributed by atoms with Gasteiger partial charge >= 0.3 is 0 Å². The molecule has 16 heavy (non-hydrogen) atoms. The molecule has 1 fully saturated rings. The van der Waals surface area contributed by atoms with Crippen LogP contribution in [0.4, 0.5) is 0 Å². The fourth-order valence-electron chi connectivity index (χ4n) is 1.77. The Hall–Kier alpha value is -0.670. The topological polar surface area (TPSA) is 35.2 Å². The molecule has 0 spiro atoms. The Morgan fingerprint density at radius 1 is 1.38 bits per heavy atom. The lowest BCUT2D eigenvalue weighted by Gasteiger charge is -2.26. The van der Waals surface area contributed by atoms with Crippen LogP contribution in [-0.4, -0.2) is 24.2 Å². The van der Waals surface area contributed by atoms with E-state index in [4.69, 9.17) is 10.5 Å². The summed E-state index contributed by atoms with van der Waals surface area (Å²) in [5, 5.41) is 0. The third-order valence-electron chi connectivity index (χ3n) is 2.96. The van der Waals surface area contributed by atoms with Gasteiger partial charge in [-0.1, -0.05) is 19.1 Å². The number of thioether (sulfide) groups is 1. The first kappa shape index (κ1) is 11.8. The van der Waals surface area contributed by atoms with Gasteiger partial charge in [0.2, 0.25) is 0 Å². The molecule has 0 aromatic heterocycles. The minimum atomic E-state index is 0.428. The second-order valence-electron chi connectivity index (χ2n) is 4.32. The molecule has 2 rings (SSSR count). The predicted octanol–water partition coefficient (Wildman–Crippen LogP) is 2.63. The lowest BCUT2D eigenvalue weighted by atomic mass is 9.98. The van der Waals surface area contributed by atoms with Crippen LogP contribution in [0.15, 0.2) is 24.3 Å². The molecule has 1 aromatic rings. The molecule has 1 saturated heterocycles. The van der Waals surface area contributed by atoms with Crippen molar-refractivity contribution in [1.82, 2.24) is 0 Å². The molecule has 88 valence electrons. The number of rotatable bonds is 5. The average molecular weight is 237 g/mol. The summed E-state index contributed by atoms with van der Waals surface area (Å²) in [7, 11) is 0. The second kappa shape index (κ2) is 5.60. The largest absolute Gasteiger partial charge is 0.489 e. The molecule has 1 aliphatic heterocycles. The van der Waals surface area contributed by atoms with Crippen LogP contribution in [0.1, 0.15) is 24.8 Å². The Labute approximate surface area is 102 Å². The maximum Gasteiger partial charge on any atom is 0.119 e. The summed E-state index contributed by atoms with van der Waals surface area (Å²) in [6, 6.07) is 8.46. The zero-order chi connectivity index (χ0) is 11.4.